The van der Waals surface area contributed by atoms with E-state index in [1.54, 1.807) is 0 Å². The van der Waals surface area contributed by atoms with E-state index in [0.29, 0.717) is 31.5 Å². The fraction of sp³-hybridized carbons (Fsp3) is 0.571. The molecule has 0 radical (unpaired) electrons. The third-order valence-electron chi connectivity index (χ3n) is 6.08. The standard InChI is InChI=1S/C21H27N3O3/c1-2-4-20(26)23-12-17-11-16(23)13-24(17)21(27)15-9-7-14(8-10-15)18-5-3-6-19(25)22-18/h7-10,16-18H,2-6,11-13H2,1H3,(H,22,25)/t16-,17-,18?/m0/s1. The molecule has 3 fully saturated rings. The van der Waals surface area contributed by atoms with Gasteiger partial charge < -0.3 is 15.1 Å². The summed E-state index contributed by atoms with van der Waals surface area (Å²) in [6, 6.07) is 8.00. The minimum Gasteiger partial charge on any atom is -0.349 e. The van der Waals surface area contributed by atoms with Crippen molar-refractivity contribution in [2.24, 2.45) is 0 Å². The molecular formula is C21H27N3O3. The van der Waals surface area contributed by atoms with Crippen molar-refractivity contribution in [3.05, 3.63) is 35.4 Å². The van der Waals surface area contributed by atoms with Gasteiger partial charge in [0.25, 0.3) is 5.91 Å². The molecule has 2 bridgehead atoms. The highest BCUT2D eigenvalue weighted by Gasteiger charge is 2.46. The average Bonchev–Trinajstić information content (AvgIpc) is 3.29. The third-order valence-corrected chi connectivity index (χ3v) is 6.08. The van der Waals surface area contributed by atoms with Gasteiger partial charge >= 0.3 is 0 Å². The lowest BCUT2D eigenvalue weighted by Gasteiger charge is -2.34. The van der Waals surface area contributed by atoms with E-state index in [2.05, 4.69) is 5.32 Å². The zero-order chi connectivity index (χ0) is 19.0. The molecule has 3 saturated heterocycles. The van der Waals surface area contributed by atoms with Gasteiger partial charge in [-0.05, 0) is 43.4 Å². The van der Waals surface area contributed by atoms with E-state index in [-0.39, 0.29) is 35.8 Å². The molecule has 1 aromatic carbocycles. The molecule has 1 aromatic rings. The highest BCUT2D eigenvalue weighted by Crippen LogP contribution is 2.32. The zero-order valence-electron chi connectivity index (χ0n) is 15.8. The molecule has 0 saturated carbocycles. The SMILES string of the molecule is CCCC(=O)N1C[C@@H]2C[C@H]1CN2C(=O)c1ccc(C2CCCC(=O)N2)cc1. The number of amides is 3. The molecule has 3 aliphatic heterocycles. The number of fused-ring (bicyclic) bond motifs is 2. The van der Waals surface area contributed by atoms with E-state index in [4.69, 9.17) is 0 Å². The number of hydrogen-bond acceptors (Lipinski definition) is 3. The van der Waals surface area contributed by atoms with Gasteiger partial charge in [0.1, 0.15) is 0 Å². The molecule has 3 aliphatic rings. The monoisotopic (exact) mass is 369 g/mol. The zero-order valence-corrected chi connectivity index (χ0v) is 15.8. The number of benzene rings is 1. The molecule has 0 aliphatic carbocycles. The second-order valence-corrected chi connectivity index (χ2v) is 7.93. The van der Waals surface area contributed by atoms with Crippen LogP contribution < -0.4 is 5.32 Å². The maximum atomic E-state index is 12.9. The summed E-state index contributed by atoms with van der Waals surface area (Å²) in [4.78, 5) is 40.6. The molecule has 27 heavy (non-hydrogen) atoms. The lowest BCUT2D eigenvalue weighted by molar-refractivity contribution is -0.133. The van der Waals surface area contributed by atoms with Crippen molar-refractivity contribution in [3.8, 4) is 0 Å². The molecule has 1 unspecified atom stereocenters. The van der Waals surface area contributed by atoms with Gasteiger partial charge in [0.2, 0.25) is 11.8 Å². The van der Waals surface area contributed by atoms with Gasteiger partial charge in [-0.2, -0.15) is 0 Å². The van der Waals surface area contributed by atoms with Gasteiger partial charge in [0, 0.05) is 31.5 Å². The van der Waals surface area contributed by atoms with Gasteiger partial charge in [-0.25, -0.2) is 0 Å². The van der Waals surface area contributed by atoms with Crippen molar-refractivity contribution in [2.75, 3.05) is 13.1 Å². The van der Waals surface area contributed by atoms with Crippen LogP contribution in [0.15, 0.2) is 24.3 Å². The normalized spacial score (nSPS) is 27.0. The Balaban J connectivity index is 1.40. The Hall–Kier alpha value is -2.37. The van der Waals surface area contributed by atoms with Crippen molar-refractivity contribution >= 4 is 17.7 Å². The van der Waals surface area contributed by atoms with Crippen LogP contribution in [0.5, 0.6) is 0 Å². The van der Waals surface area contributed by atoms with Crippen molar-refractivity contribution in [1.29, 1.82) is 0 Å². The molecule has 6 heteroatoms. The third kappa shape index (κ3) is 3.45. The number of likely N-dealkylation sites (tertiary alicyclic amines) is 2. The fourth-order valence-electron chi connectivity index (χ4n) is 4.66. The smallest absolute Gasteiger partial charge is 0.254 e. The van der Waals surface area contributed by atoms with Gasteiger partial charge in [-0.15, -0.1) is 0 Å². The summed E-state index contributed by atoms with van der Waals surface area (Å²) >= 11 is 0. The highest BCUT2D eigenvalue weighted by molar-refractivity contribution is 5.95. The Bertz CT molecular complexity index is 746. The number of rotatable bonds is 4. The first-order chi connectivity index (χ1) is 13.1. The van der Waals surface area contributed by atoms with Crippen molar-refractivity contribution < 1.29 is 14.4 Å². The topological polar surface area (TPSA) is 69.7 Å². The summed E-state index contributed by atoms with van der Waals surface area (Å²) in [5.41, 5.74) is 1.73. The largest absolute Gasteiger partial charge is 0.349 e. The molecule has 4 rings (SSSR count). The minimum atomic E-state index is 0.0457. The predicted molar refractivity (Wildman–Crippen MR) is 101 cm³/mol. The van der Waals surface area contributed by atoms with Crippen LogP contribution in [0.1, 0.15) is 67.4 Å². The molecule has 3 amide bonds. The number of carbonyl (C=O) groups is 3. The maximum Gasteiger partial charge on any atom is 0.254 e. The van der Waals surface area contributed by atoms with E-state index in [0.717, 1.165) is 31.2 Å². The average molecular weight is 369 g/mol. The second kappa shape index (κ2) is 7.33. The number of hydrogen-bond donors (Lipinski definition) is 1. The van der Waals surface area contributed by atoms with Crippen LogP contribution >= 0.6 is 0 Å². The fourth-order valence-corrected chi connectivity index (χ4v) is 4.66. The number of carbonyl (C=O) groups excluding carboxylic acids is 3. The van der Waals surface area contributed by atoms with Gasteiger partial charge in [0.05, 0.1) is 18.1 Å². The summed E-state index contributed by atoms with van der Waals surface area (Å²) in [5, 5.41) is 3.01. The maximum absolute atomic E-state index is 12.9. The Morgan fingerprint density at radius 2 is 1.81 bits per heavy atom. The van der Waals surface area contributed by atoms with Crippen LogP contribution in [-0.4, -0.2) is 52.7 Å². The van der Waals surface area contributed by atoms with Gasteiger partial charge in [-0.1, -0.05) is 19.1 Å². The molecule has 0 aromatic heterocycles. The van der Waals surface area contributed by atoms with Crippen LogP contribution in [-0.2, 0) is 9.59 Å². The van der Waals surface area contributed by atoms with Crippen LogP contribution in [0.2, 0.25) is 0 Å². The molecule has 144 valence electrons. The highest BCUT2D eigenvalue weighted by atomic mass is 16.2. The predicted octanol–water partition coefficient (Wildman–Crippen LogP) is 2.25. The Kier molecular flexibility index (Phi) is 4.89. The number of piperidine rings is 1. The summed E-state index contributed by atoms with van der Waals surface area (Å²) in [5.74, 6) is 0.363. The molecule has 3 heterocycles. The number of piperazine rings is 1. The molecule has 1 N–H and O–H groups in total. The van der Waals surface area contributed by atoms with Crippen molar-refractivity contribution in [1.82, 2.24) is 15.1 Å². The van der Waals surface area contributed by atoms with Crippen LogP contribution in [0.4, 0.5) is 0 Å². The molecule has 0 spiro atoms. The van der Waals surface area contributed by atoms with Gasteiger partial charge in [0.15, 0.2) is 0 Å². The number of nitrogens with zero attached hydrogens (tertiary/aromatic N) is 2. The Morgan fingerprint density at radius 1 is 1.11 bits per heavy atom. The Labute approximate surface area is 159 Å². The van der Waals surface area contributed by atoms with Crippen molar-refractivity contribution in [3.63, 3.8) is 0 Å². The summed E-state index contributed by atoms with van der Waals surface area (Å²) in [7, 11) is 0. The van der Waals surface area contributed by atoms with E-state index in [1.807, 2.05) is 41.0 Å². The first-order valence-corrected chi connectivity index (χ1v) is 10.1. The van der Waals surface area contributed by atoms with Crippen molar-refractivity contribution in [2.45, 2.75) is 63.6 Å². The van der Waals surface area contributed by atoms with E-state index in [1.165, 1.54) is 0 Å². The Morgan fingerprint density at radius 3 is 2.44 bits per heavy atom. The van der Waals surface area contributed by atoms with Crippen LogP contribution in [0.3, 0.4) is 0 Å². The van der Waals surface area contributed by atoms with Crippen LogP contribution in [0.25, 0.3) is 0 Å². The van der Waals surface area contributed by atoms with Gasteiger partial charge in [-0.3, -0.25) is 14.4 Å². The molecule has 6 nitrogen and oxygen atoms in total. The molecule has 3 atom stereocenters. The van der Waals surface area contributed by atoms with E-state index < -0.39 is 0 Å². The summed E-state index contributed by atoms with van der Waals surface area (Å²) in [6.45, 7) is 3.32. The van der Waals surface area contributed by atoms with Crippen LogP contribution in [0, 0.1) is 0 Å². The summed E-state index contributed by atoms with van der Waals surface area (Å²) in [6.07, 6.45) is 4.80. The van der Waals surface area contributed by atoms with E-state index >= 15 is 0 Å². The lowest BCUT2D eigenvalue weighted by atomic mass is 9.96. The molecular weight excluding hydrogens is 342 g/mol. The second-order valence-electron chi connectivity index (χ2n) is 7.93. The number of nitrogens with one attached hydrogen (secondary N) is 1. The quantitative estimate of drug-likeness (QED) is 0.885. The minimum absolute atomic E-state index is 0.0457. The summed E-state index contributed by atoms with van der Waals surface area (Å²) < 4.78 is 0. The van der Waals surface area contributed by atoms with E-state index in [9.17, 15) is 14.4 Å². The lowest BCUT2D eigenvalue weighted by Crippen LogP contribution is -2.50. The first-order valence-electron chi connectivity index (χ1n) is 10.1. The first kappa shape index (κ1) is 18.0.